The fourth-order valence-corrected chi connectivity index (χ4v) is 4.97. The van der Waals surface area contributed by atoms with Gasteiger partial charge in [0.1, 0.15) is 17.0 Å². The highest BCUT2D eigenvalue weighted by Crippen LogP contribution is 2.29. The van der Waals surface area contributed by atoms with Gasteiger partial charge < -0.3 is 4.90 Å². The van der Waals surface area contributed by atoms with Crippen molar-refractivity contribution in [1.29, 1.82) is 0 Å². The minimum Gasteiger partial charge on any atom is -0.353 e. The number of nitrogens with zero attached hydrogens (tertiary/aromatic N) is 4. The number of halogens is 3. The minimum atomic E-state index is -4.30. The highest BCUT2D eigenvalue weighted by Gasteiger charge is 2.33. The second kappa shape index (κ2) is 7.27. The third kappa shape index (κ3) is 3.32. The minimum absolute atomic E-state index is 0.0537. The Hall–Kier alpha value is -2.72. The Bertz CT molecular complexity index is 1190. The molecule has 0 saturated carbocycles. The molecule has 0 amide bonds. The quantitative estimate of drug-likeness (QED) is 0.608. The lowest BCUT2D eigenvalue weighted by Crippen LogP contribution is -2.49. The monoisotopic (exact) mass is 422 g/mol. The summed E-state index contributed by atoms with van der Waals surface area (Å²) in [6, 6.07) is 7.07. The van der Waals surface area contributed by atoms with Crippen molar-refractivity contribution in [1.82, 2.24) is 14.3 Å². The molecule has 4 rings (SSSR count). The van der Waals surface area contributed by atoms with Gasteiger partial charge in [0, 0.05) is 31.6 Å². The van der Waals surface area contributed by atoms with Gasteiger partial charge in [-0.05, 0) is 30.7 Å². The zero-order valence-corrected chi connectivity index (χ0v) is 16.3. The first kappa shape index (κ1) is 19.6. The molecule has 29 heavy (non-hydrogen) atoms. The maximum Gasteiger partial charge on any atom is 0.246 e. The van der Waals surface area contributed by atoms with Gasteiger partial charge >= 0.3 is 0 Å². The van der Waals surface area contributed by atoms with Crippen LogP contribution in [0.1, 0.15) is 5.56 Å². The van der Waals surface area contributed by atoms with Crippen LogP contribution in [0.15, 0.2) is 41.6 Å². The van der Waals surface area contributed by atoms with Crippen molar-refractivity contribution in [3.05, 3.63) is 59.7 Å². The molecule has 1 aromatic heterocycles. The average molecular weight is 422 g/mol. The molecule has 0 bridgehead atoms. The first-order valence-electron chi connectivity index (χ1n) is 8.89. The van der Waals surface area contributed by atoms with E-state index >= 15 is 0 Å². The topological polar surface area (TPSA) is 66.4 Å². The van der Waals surface area contributed by atoms with Gasteiger partial charge in [0.2, 0.25) is 10.0 Å². The molecule has 0 N–H and O–H groups in total. The number of rotatable bonds is 3. The van der Waals surface area contributed by atoms with Crippen LogP contribution in [0, 0.1) is 24.4 Å². The third-order valence-corrected chi connectivity index (χ3v) is 6.92. The van der Waals surface area contributed by atoms with Crippen LogP contribution in [0.5, 0.6) is 0 Å². The van der Waals surface area contributed by atoms with Gasteiger partial charge in [0.25, 0.3) is 0 Å². The summed E-state index contributed by atoms with van der Waals surface area (Å²) < 4.78 is 67.2. The number of hydrogen-bond donors (Lipinski definition) is 0. The van der Waals surface area contributed by atoms with Gasteiger partial charge in [-0.3, -0.25) is 0 Å². The number of hydrogen-bond acceptors (Lipinski definition) is 5. The molecule has 0 unspecified atom stereocenters. The smallest absolute Gasteiger partial charge is 0.246 e. The first-order valence-corrected chi connectivity index (χ1v) is 10.3. The van der Waals surface area contributed by atoms with E-state index < -0.39 is 32.4 Å². The highest BCUT2D eigenvalue weighted by molar-refractivity contribution is 7.89. The highest BCUT2D eigenvalue weighted by atomic mass is 32.2. The number of sulfonamides is 1. The van der Waals surface area contributed by atoms with Crippen LogP contribution in [0.25, 0.3) is 10.9 Å². The van der Waals surface area contributed by atoms with Crippen molar-refractivity contribution in [2.24, 2.45) is 0 Å². The van der Waals surface area contributed by atoms with E-state index in [0.717, 1.165) is 26.8 Å². The van der Waals surface area contributed by atoms with Gasteiger partial charge in [-0.15, -0.1) is 0 Å². The van der Waals surface area contributed by atoms with E-state index in [4.69, 9.17) is 0 Å². The van der Waals surface area contributed by atoms with E-state index in [-0.39, 0.29) is 13.1 Å². The molecule has 0 atom stereocenters. The van der Waals surface area contributed by atoms with Crippen LogP contribution >= 0.6 is 0 Å². The Morgan fingerprint density at radius 3 is 2.38 bits per heavy atom. The van der Waals surface area contributed by atoms with Crippen LogP contribution in [-0.2, 0) is 10.0 Å². The number of piperazine rings is 1. The van der Waals surface area contributed by atoms with Gasteiger partial charge in [0.15, 0.2) is 17.5 Å². The molecule has 1 fully saturated rings. The Morgan fingerprint density at radius 2 is 1.66 bits per heavy atom. The van der Waals surface area contributed by atoms with Crippen LogP contribution < -0.4 is 4.90 Å². The molecule has 3 aromatic rings. The van der Waals surface area contributed by atoms with E-state index in [1.807, 2.05) is 30.0 Å². The fraction of sp³-hybridized carbons (Fsp3) is 0.263. The maximum absolute atomic E-state index is 14.0. The van der Waals surface area contributed by atoms with Crippen molar-refractivity contribution >= 4 is 26.7 Å². The zero-order valence-electron chi connectivity index (χ0n) is 15.4. The standard InChI is InChI=1S/C19H17F3N4O2S/c1-12-3-2-4-14-16(12)19(24-11-23-14)25-7-9-26(10-8-25)29(27,28)15-6-5-13(20)17(21)18(15)22/h2-6,11H,7-10H2,1H3. The largest absolute Gasteiger partial charge is 0.353 e. The maximum atomic E-state index is 14.0. The summed E-state index contributed by atoms with van der Waals surface area (Å²) in [5, 5.41) is 0.887. The summed E-state index contributed by atoms with van der Waals surface area (Å²) >= 11 is 0. The van der Waals surface area contributed by atoms with Gasteiger partial charge in [0.05, 0.1) is 5.52 Å². The van der Waals surface area contributed by atoms with E-state index in [9.17, 15) is 21.6 Å². The normalized spacial score (nSPS) is 15.8. The molecule has 0 spiro atoms. The molecular formula is C19H17F3N4O2S. The van der Waals surface area contributed by atoms with E-state index in [1.54, 1.807) is 0 Å². The summed E-state index contributed by atoms with van der Waals surface area (Å²) in [7, 11) is -4.30. The van der Waals surface area contributed by atoms with Crippen LogP contribution in [-0.4, -0.2) is 48.9 Å². The molecule has 0 radical (unpaired) electrons. The van der Waals surface area contributed by atoms with Crippen LogP contribution in [0.3, 0.4) is 0 Å². The lowest BCUT2D eigenvalue weighted by Gasteiger charge is -2.35. The Morgan fingerprint density at radius 1 is 0.931 bits per heavy atom. The molecule has 1 aliphatic heterocycles. The Kier molecular flexibility index (Phi) is 4.91. The molecule has 10 heteroatoms. The lowest BCUT2D eigenvalue weighted by molar-refractivity contribution is 0.377. The van der Waals surface area contributed by atoms with Crippen molar-refractivity contribution in [3.8, 4) is 0 Å². The molecular weight excluding hydrogens is 405 g/mol. The molecule has 6 nitrogen and oxygen atoms in total. The van der Waals surface area contributed by atoms with Crippen molar-refractivity contribution < 1.29 is 21.6 Å². The van der Waals surface area contributed by atoms with Crippen molar-refractivity contribution in [2.75, 3.05) is 31.1 Å². The number of aryl methyl sites for hydroxylation is 1. The zero-order chi connectivity index (χ0) is 20.8. The number of anilines is 1. The average Bonchev–Trinajstić information content (AvgIpc) is 2.72. The second-order valence-corrected chi connectivity index (χ2v) is 8.64. The third-order valence-electron chi connectivity index (χ3n) is 5.01. The summed E-state index contributed by atoms with van der Waals surface area (Å²) in [4.78, 5) is 9.70. The predicted octanol–water partition coefficient (Wildman–Crippen LogP) is 2.87. The first-order chi connectivity index (χ1) is 13.8. The van der Waals surface area contributed by atoms with Gasteiger partial charge in [-0.25, -0.2) is 31.6 Å². The molecule has 0 aliphatic carbocycles. The Labute approximate surface area is 165 Å². The summed E-state index contributed by atoms with van der Waals surface area (Å²) in [5.74, 6) is -4.24. The van der Waals surface area contributed by atoms with Crippen LogP contribution in [0.2, 0.25) is 0 Å². The fourth-order valence-electron chi connectivity index (χ4n) is 3.49. The molecule has 152 valence electrons. The summed E-state index contributed by atoms with van der Waals surface area (Å²) in [6.07, 6.45) is 1.46. The summed E-state index contributed by atoms with van der Waals surface area (Å²) in [6.45, 7) is 2.67. The number of aromatic nitrogens is 2. The number of fused-ring (bicyclic) bond motifs is 1. The molecule has 2 aromatic carbocycles. The number of benzene rings is 2. The van der Waals surface area contributed by atoms with E-state index in [2.05, 4.69) is 9.97 Å². The second-order valence-electron chi connectivity index (χ2n) is 6.73. The van der Waals surface area contributed by atoms with E-state index in [0.29, 0.717) is 25.0 Å². The molecule has 1 saturated heterocycles. The van der Waals surface area contributed by atoms with E-state index in [1.165, 1.54) is 6.33 Å². The molecule has 2 heterocycles. The van der Waals surface area contributed by atoms with Gasteiger partial charge in [-0.1, -0.05) is 12.1 Å². The van der Waals surface area contributed by atoms with Gasteiger partial charge in [-0.2, -0.15) is 4.31 Å². The summed E-state index contributed by atoms with van der Waals surface area (Å²) in [5.41, 5.74) is 1.78. The predicted molar refractivity (Wildman–Crippen MR) is 102 cm³/mol. The SMILES string of the molecule is Cc1cccc2ncnc(N3CCN(S(=O)(=O)c4ccc(F)c(F)c4F)CC3)c12. The lowest BCUT2D eigenvalue weighted by atomic mass is 10.1. The Balaban J connectivity index is 1.60. The molecule has 1 aliphatic rings. The van der Waals surface area contributed by atoms with Crippen LogP contribution in [0.4, 0.5) is 19.0 Å². The van der Waals surface area contributed by atoms with Crippen molar-refractivity contribution in [2.45, 2.75) is 11.8 Å². The van der Waals surface area contributed by atoms with Crippen molar-refractivity contribution in [3.63, 3.8) is 0 Å².